The number of carbonyl (C=O) groups excluding carboxylic acids is 1. The molecule has 0 bridgehead atoms. The number of rotatable bonds is 4. The first kappa shape index (κ1) is 17.9. The number of amides is 1. The van der Waals surface area contributed by atoms with Crippen LogP contribution in [0.15, 0.2) is 42.9 Å². The van der Waals surface area contributed by atoms with Crippen LogP contribution in [0.2, 0.25) is 5.15 Å². The van der Waals surface area contributed by atoms with E-state index in [1.54, 1.807) is 18.5 Å². The van der Waals surface area contributed by atoms with Gasteiger partial charge in [-0.1, -0.05) is 30.5 Å². The van der Waals surface area contributed by atoms with Gasteiger partial charge in [0.1, 0.15) is 10.7 Å². The number of hydrogen-bond donors (Lipinski definition) is 2. The second-order valence-electron chi connectivity index (χ2n) is 6.96. The van der Waals surface area contributed by atoms with Gasteiger partial charge in [-0.05, 0) is 36.6 Å². The average molecular weight is 385 g/mol. The fourth-order valence-electron chi connectivity index (χ4n) is 3.64. The van der Waals surface area contributed by atoms with Gasteiger partial charge >= 0.3 is 0 Å². The molecule has 6 nitrogen and oxygen atoms in total. The van der Waals surface area contributed by atoms with Crippen molar-refractivity contribution < 1.29 is 9.90 Å². The fraction of sp³-hybridized carbons (Fsp3) is 0.350. The normalized spacial score (nSPS) is 19.9. The number of fused-ring (bicyclic) bond motifs is 1. The van der Waals surface area contributed by atoms with E-state index in [2.05, 4.69) is 15.3 Å². The maximum atomic E-state index is 12.9. The zero-order chi connectivity index (χ0) is 18.8. The molecule has 0 aromatic carbocycles. The van der Waals surface area contributed by atoms with Gasteiger partial charge in [0.2, 0.25) is 0 Å². The number of aliphatic hydroxyl groups is 1. The number of aromatic nitrogens is 3. The van der Waals surface area contributed by atoms with Gasteiger partial charge in [-0.25, -0.2) is 4.98 Å². The van der Waals surface area contributed by atoms with Crippen molar-refractivity contribution in [1.29, 1.82) is 0 Å². The molecule has 3 aromatic heterocycles. The minimum Gasteiger partial charge on any atom is -0.391 e. The lowest BCUT2D eigenvalue weighted by molar-refractivity contribution is 0.0718. The Balaban J connectivity index is 1.63. The second kappa shape index (κ2) is 7.66. The summed E-state index contributed by atoms with van der Waals surface area (Å²) in [5.74, 6) is -0.197. The summed E-state index contributed by atoms with van der Waals surface area (Å²) < 4.78 is 1.99. The molecule has 140 valence electrons. The van der Waals surface area contributed by atoms with Crippen LogP contribution in [0.5, 0.6) is 0 Å². The van der Waals surface area contributed by atoms with Gasteiger partial charge < -0.3 is 15.0 Å². The van der Waals surface area contributed by atoms with Crippen LogP contribution in [0.1, 0.15) is 41.6 Å². The third-order valence-corrected chi connectivity index (χ3v) is 5.29. The Bertz CT molecular complexity index is 954. The Morgan fingerprint density at radius 1 is 1.26 bits per heavy atom. The summed E-state index contributed by atoms with van der Waals surface area (Å²) in [7, 11) is 0. The predicted molar refractivity (Wildman–Crippen MR) is 104 cm³/mol. The Morgan fingerprint density at radius 3 is 2.89 bits per heavy atom. The van der Waals surface area contributed by atoms with Crippen LogP contribution in [0, 0.1) is 0 Å². The first-order valence-electron chi connectivity index (χ1n) is 9.15. The standard InChI is InChI=1S/C20H21ClN4O2/c21-18-8-7-13(10-23-18)11-25-12-14(19-16(25)5-3-9-22-19)20(27)24-15-4-1-2-6-17(15)26/h3,5,7-10,12,15,17,26H,1-2,4,6,11H2,(H,24,27)/t15-,17-/m0/s1. The van der Waals surface area contributed by atoms with Crippen LogP contribution in [-0.2, 0) is 6.54 Å². The third kappa shape index (κ3) is 3.82. The van der Waals surface area contributed by atoms with Crippen LogP contribution in [0.25, 0.3) is 11.0 Å². The van der Waals surface area contributed by atoms with E-state index in [1.807, 2.05) is 29.0 Å². The lowest BCUT2D eigenvalue weighted by atomic mass is 9.92. The summed E-state index contributed by atoms with van der Waals surface area (Å²) in [6, 6.07) is 7.26. The van der Waals surface area contributed by atoms with E-state index in [0.717, 1.165) is 36.8 Å². The average Bonchev–Trinajstić information content (AvgIpc) is 3.04. The molecule has 2 atom stereocenters. The Labute approximate surface area is 162 Å². The molecule has 1 aliphatic rings. The van der Waals surface area contributed by atoms with Crippen LogP contribution >= 0.6 is 11.6 Å². The first-order valence-corrected chi connectivity index (χ1v) is 9.53. The molecular weight excluding hydrogens is 364 g/mol. The van der Waals surface area contributed by atoms with Gasteiger partial charge in [-0.2, -0.15) is 0 Å². The minimum atomic E-state index is -0.482. The van der Waals surface area contributed by atoms with Gasteiger partial charge in [0.25, 0.3) is 5.91 Å². The molecule has 2 N–H and O–H groups in total. The Kier molecular flexibility index (Phi) is 5.09. The third-order valence-electron chi connectivity index (χ3n) is 5.07. The molecule has 4 rings (SSSR count). The van der Waals surface area contributed by atoms with E-state index in [4.69, 9.17) is 11.6 Å². The molecule has 0 spiro atoms. The van der Waals surface area contributed by atoms with Crippen molar-refractivity contribution in [1.82, 2.24) is 19.9 Å². The molecule has 0 unspecified atom stereocenters. The van der Waals surface area contributed by atoms with E-state index >= 15 is 0 Å². The molecule has 0 saturated heterocycles. The Morgan fingerprint density at radius 2 is 2.11 bits per heavy atom. The number of pyridine rings is 2. The summed E-state index contributed by atoms with van der Waals surface area (Å²) in [4.78, 5) is 21.4. The van der Waals surface area contributed by atoms with Crippen molar-refractivity contribution in [3.05, 3.63) is 59.1 Å². The van der Waals surface area contributed by atoms with Gasteiger partial charge in [-0.3, -0.25) is 9.78 Å². The summed E-state index contributed by atoms with van der Waals surface area (Å²) >= 11 is 5.86. The maximum Gasteiger partial charge on any atom is 0.255 e. The zero-order valence-electron chi connectivity index (χ0n) is 14.8. The Hall–Kier alpha value is -2.44. The fourth-order valence-corrected chi connectivity index (χ4v) is 3.75. The van der Waals surface area contributed by atoms with Crippen molar-refractivity contribution >= 4 is 28.5 Å². The molecule has 3 heterocycles. The number of nitrogens with zero attached hydrogens (tertiary/aromatic N) is 3. The number of nitrogens with one attached hydrogen (secondary N) is 1. The van der Waals surface area contributed by atoms with E-state index in [0.29, 0.717) is 22.8 Å². The molecule has 1 amide bonds. The van der Waals surface area contributed by atoms with E-state index < -0.39 is 6.10 Å². The van der Waals surface area contributed by atoms with Gasteiger partial charge in [0.05, 0.1) is 23.2 Å². The quantitative estimate of drug-likeness (QED) is 0.677. The molecule has 1 fully saturated rings. The summed E-state index contributed by atoms with van der Waals surface area (Å²) in [5.41, 5.74) is 3.03. The van der Waals surface area contributed by atoms with E-state index in [-0.39, 0.29) is 11.9 Å². The first-order chi connectivity index (χ1) is 13.1. The maximum absolute atomic E-state index is 12.9. The second-order valence-corrected chi connectivity index (χ2v) is 7.35. The topological polar surface area (TPSA) is 80.0 Å². The molecule has 7 heteroatoms. The molecule has 0 aliphatic heterocycles. The van der Waals surface area contributed by atoms with Crippen LogP contribution < -0.4 is 5.32 Å². The van der Waals surface area contributed by atoms with E-state index in [1.165, 1.54) is 0 Å². The van der Waals surface area contributed by atoms with E-state index in [9.17, 15) is 9.90 Å². The number of halogens is 1. The molecule has 3 aromatic rings. The molecular formula is C20H21ClN4O2. The van der Waals surface area contributed by atoms with Crippen molar-refractivity contribution in [2.45, 2.75) is 44.4 Å². The van der Waals surface area contributed by atoms with Gasteiger partial charge in [-0.15, -0.1) is 0 Å². The minimum absolute atomic E-state index is 0.197. The molecule has 1 saturated carbocycles. The van der Waals surface area contributed by atoms with Crippen molar-refractivity contribution in [2.75, 3.05) is 0 Å². The zero-order valence-corrected chi connectivity index (χ0v) is 15.6. The highest BCUT2D eigenvalue weighted by molar-refractivity contribution is 6.29. The largest absolute Gasteiger partial charge is 0.391 e. The highest BCUT2D eigenvalue weighted by atomic mass is 35.5. The van der Waals surface area contributed by atoms with Crippen molar-refractivity contribution in [3.8, 4) is 0 Å². The highest BCUT2D eigenvalue weighted by Crippen LogP contribution is 2.23. The number of carbonyl (C=O) groups is 1. The van der Waals surface area contributed by atoms with Gasteiger partial charge in [0, 0.05) is 25.1 Å². The number of aliphatic hydroxyl groups excluding tert-OH is 1. The summed E-state index contributed by atoms with van der Waals surface area (Å²) in [6.07, 6.45) is 8.30. The lowest BCUT2D eigenvalue weighted by Gasteiger charge is -2.28. The number of hydrogen-bond acceptors (Lipinski definition) is 4. The molecule has 27 heavy (non-hydrogen) atoms. The van der Waals surface area contributed by atoms with Crippen molar-refractivity contribution in [2.24, 2.45) is 0 Å². The SMILES string of the molecule is O=C(N[C@H]1CCCC[C@@H]1O)c1cn(Cc2ccc(Cl)nc2)c2cccnc12. The van der Waals surface area contributed by atoms with Gasteiger partial charge in [0.15, 0.2) is 0 Å². The predicted octanol–water partition coefficient (Wildman–Crippen LogP) is 3.17. The van der Waals surface area contributed by atoms with Crippen LogP contribution in [-0.4, -0.2) is 37.7 Å². The smallest absolute Gasteiger partial charge is 0.255 e. The summed E-state index contributed by atoms with van der Waals surface area (Å²) in [5, 5.41) is 13.6. The summed E-state index contributed by atoms with van der Waals surface area (Å²) in [6.45, 7) is 0.561. The van der Waals surface area contributed by atoms with Crippen molar-refractivity contribution in [3.63, 3.8) is 0 Å². The molecule has 0 radical (unpaired) electrons. The highest BCUT2D eigenvalue weighted by Gasteiger charge is 2.26. The monoisotopic (exact) mass is 384 g/mol. The molecule has 1 aliphatic carbocycles. The lowest BCUT2D eigenvalue weighted by Crippen LogP contribution is -2.45. The van der Waals surface area contributed by atoms with Crippen LogP contribution in [0.4, 0.5) is 0 Å². The van der Waals surface area contributed by atoms with Crippen LogP contribution in [0.3, 0.4) is 0 Å².